The molecule has 1 aromatic rings. The lowest BCUT2D eigenvalue weighted by atomic mass is 10.1. The Kier molecular flexibility index (Phi) is 4.94. The molecule has 1 heterocycles. The lowest BCUT2D eigenvalue weighted by molar-refractivity contribution is -0.130. The molecule has 0 bridgehead atoms. The molecule has 1 saturated carbocycles. The van der Waals surface area contributed by atoms with Gasteiger partial charge in [-0.1, -0.05) is 31.0 Å². The summed E-state index contributed by atoms with van der Waals surface area (Å²) in [6.45, 7) is 0.933. The minimum atomic E-state index is -0.260. The molecule has 2 fully saturated rings. The zero-order valence-electron chi connectivity index (χ0n) is 13.3. The summed E-state index contributed by atoms with van der Waals surface area (Å²) in [5, 5.41) is 2.85. The van der Waals surface area contributed by atoms with Crippen LogP contribution < -0.4 is 5.32 Å². The molecule has 1 aromatic carbocycles. The Morgan fingerprint density at radius 3 is 2.74 bits per heavy atom. The maximum atomic E-state index is 13.5. The maximum absolute atomic E-state index is 13.5. The molecule has 0 aromatic heterocycles. The van der Waals surface area contributed by atoms with E-state index >= 15 is 0 Å². The Hall–Kier alpha value is -1.91. The molecule has 1 aliphatic heterocycles. The van der Waals surface area contributed by atoms with Gasteiger partial charge in [0, 0.05) is 25.6 Å². The van der Waals surface area contributed by atoms with E-state index in [0.29, 0.717) is 37.5 Å². The van der Waals surface area contributed by atoms with Crippen LogP contribution in [0.4, 0.5) is 4.39 Å². The van der Waals surface area contributed by atoms with Crippen molar-refractivity contribution in [1.29, 1.82) is 0 Å². The number of nitrogens with zero attached hydrogens (tertiary/aromatic N) is 1. The summed E-state index contributed by atoms with van der Waals surface area (Å²) in [5.74, 6) is -0.490. The molecule has 1 unspecified atom stereocenters. The van der Waals surface area contributed by atoms with Crippen molar-refractivity contribution in [3.05, 3.63) is 35.6 Å². The first-order valence-corrected chi connectivity index (χ1v) is 8.45. The van der Waals surface area contributed by atoms with Gasteiger partial charge in [0.15, 0.2) is 0 Å². The average molecular weight is 318 g/mol. The first-order chi connectivity index (χ1) is 11.1. The second-order valence-corrected chi connectivity index (χ2v) is 6.52. The van der Waals surface area contributed by atoms with Gasteiger partial charge in [-0.3, -0.25) is 9.59 Å². The van der Waals surface area contributed by atoms with Gasteiger partial charge in [-0.05, 0) is 30.9 Å². The Morgan fingerprint density at radius 2 is 2.00 bits per heavy atom. The minimum absolute atomic E-state index is 0.0878. The molecule has 4 nitrogen and oxygen atoms in total. The number of amides is 2. The van der Waals surface area contributed by atoms with E-state index in [1.165, 1.54) is 18.9 Å². The predicted molar refractivity (Wildman–Crippen MR) is 85.2 cm³/mol. The van der Waals surface area contributed by atoms with Crippen LogP contribution in [0.5, 0.6) is 0 Å². The molecule has 0 spiro atoms. The Balaban J connectivity index is 1.47. The van der Waals surface area contributed by atoms with Crippen molar-refractivity contribution in [2.75, 3.05) is 13.1 Å². The summed E-state index contributed by atoms with van der Waals surface area (Å²) in [4.78, 5) is 26.3. The Bertz CT molecular complexity index is 584. The number of hydrogen-bond donors (Lipinski definition) is 1. The molecule has 1 saturated heterocycles. The van der Waals surface area contributed by atoms with E-state index < -0.39 is 0 Å². The number of carbonyl (C=O) groups is 2. The van der Waals surface area contributed by atoms with Gasteiger partial charge in [0.25, 0.3) is 0 Å². The monoisotopic (exact) mass is 318 g/mol. The normalized spacial score (nSPS) is 21.9. The van der Waals surface area contributed by atoms with Gasteiger partial charge < -0.3 is 10.2 Å². The number of rotatable bonds is 5. The summed E-state index contributed by atoms with van der Waals surface area (Å²) in [7, 11) is 0. The SMILES string of the molecule is O=C(NCCc1ccccc1F)C1CC(=O)N(C2CCCC2)C1. The fraction of sp³-hybridized carbons (Fsp3) is 0.556. The minimum Gasteiger partial charge on any atom is -0.355 e. The Labute approximate surface area is 136 Å². The third-order valence-electron chi connectivity index (χ3n) is 4.95. The van der Waals surface area contributed by atoms with Crippen LogP contribution in [-0.2, 0) is 16.0 Å². The molecule has 1 N–H and O–H groups in total. The second-order valence-electron chi connectivity index (χ2n) is 6.52. The first kappa shape index (κ1) is 16.0. The highest BCUT2D eigenvalue weighted by molar-refractivity contribution is 5.89. The summed E-state index contributed by atoms with van der Waals surface area (Å²) in [6.07, 6.45) is 5.25. The summed E-state index contributed by atoms with van der Waals surface area (Å²) in [6, 6.07) is 6.92. The van der Waals surface area contributed by atoms with Gasteiger partial charge in [0.2, 0.25) is 11.8 Å². The molecule has 2 amide bonds. The van der Waals surface area contributed by atoms with Gasteiger partial charge in [-0.2, -0.15) is 0 Å². The van der Waals surface area contributed by atoms with Gasteiger partial charge >= 0.3 is 0 Å². The van der Waals surface area contributed by atoms with E-state index in [4.69, 9.17) is 0 Å². The molecular formula is C18H23FN2O2. The van der Waals surface area contributed by atoms with Gasteiger partial charge in [-0.25, -0.2) is 4.39 Å². The molecule has 0 radical (unpaired) electrons. The van der Waals surface area contributed by atoms with E-state index in [-0.39, 0.29) is 23.5 Å². The highest BCUT2D eigenvalue weighted by atomic mass is 19.1. The lowest BCUT2D eigenvalue weighted by Crippen LogP contribution is -2.37. The zero-order chi connectivity index (χ0) is 16.2. The number of benzene rings is 1. The van der Waals surface area contributed by atoms with Crippen LogP contribution in [0.2, 0.25) is 0 Å². The molecule has 1 aliphatic carbocycles. The lowest BCUT2D eigenvalue weighted by Gasteiger charge is -2.23. The number of nitrogens with one attached hydrogen (secondary N) is 1. The molecule has 3 rings (SSSR count). The quantitative estimate of drug-likeness (QED) is 0.905. The van der Waals surface area contributed by atoms with E-state index in [9.17, 15) is 14.0 Å². The van der Waals surface area contributed by atoms with Crippen LogP contribution in [0.15, 0.2) is 24.3 Å². The number of halogens is 1. The standard InChI is InChI=1S/C18H23FN2O2/c19-16-8-4-1-5-13(16)9-10-20-18(23)14-11-17(22)21(12-14)15-6-2-3-7-15/h1,4-5,8,14-15H,2-3,6-7,9-12H2,(H,20,23). The zero-order valence-corrected chi connectivity index (χ0v) is 13.3. The predicted octanol–water partition coefficient (Wildman–Crippen LogP) is 2.28. The second kappa shape index (κ2) is 7.11. The van der Waals surface area contributed by atoms with Crippen LogP contribution in [0.1, 0.15) is 37.7 Å². The number of likely N-dealkylation sites (tertiary alicyclic amines) is 1. The molecule has 5 heteroatoms. The van der Waals surface area contributed by atoms with Crippen LogP contribution in [0.25, 0.3) is 0 Å². The summed E-state index contributed by atoms with van der Waals surface area (Å²) >= 11 is 0. The highest BCUT2D eigenvalue weighted by Gasteiger charge is 2.38. The Morgan fingerprint density at radius 1 is 1.26 bits per heavy atom. The summed E-state index contributed by atoms with van der Waals surface area (Å²) in [5.41, 5.74) is 0.600. The van der Waals surface area contributed by atoms with Crippen molar-refractivity contribution in [2.45, 2.75) is 44.6 Å². The third-order valence-corrected chi connectivity index (χ3v) is 4.95. The number of hydrogen-bond acceptors (Lipinski definition) is 2. The largest absolute Gasteiger partial charge is 0.355 e. The summed E-state index contributed by atoms with van der Waals surface area (Å²) < 4.78 is 13.5. The van der Waals surface area contributed by atoms with Crippen molar-refractivity contribution < 1.29 is 14.0 Å². The van der Waals surface area contributed by atoms with Crippen molar-refractivity contribution >= 4 is 11.8 Å². The van der Waals surface area contributed by atoms with Crippen molar-refractivity contribution in [2.24, 2.45) is 5.92 Å². The van der Waals surface area contributed by atoms with Crippen LogP contribution in [0.3, 0.4) is 0 Å². The molecule has 124 valence electrons. The smallest absolute Gasteiger partial charge is 0.225 e. The van der Waals surface area contributed by atoms with Crippen molar-refractivity contribution in [1.82, 2.24) is 10.2 Å². The third kappa shape index (κ3) is 3.71. The fourth-order valence-electron chi connectivity index (χ4n) is 3.64. The van der Waals surface area contributed by atoms with Gasteiger partial charge in [0.1, 0.15) is 5.82 Å². The van der Waals surface area contributed by atoms with E-state index in [1.54, 1.807) is 18.2 Å². The van der Waals surface area contributed by atoms with Gasteiger partial charge in [-0.15, -0.1) is 0 Å². The van der Waals surface area contributed by atoms with Crippen LogP contribution in [0, 0.1) is 11.7 Å². The van der Waals surface area contributed by atoms with Crippen molar-refractivity contribution in [3.63, 3.8) is 0 Å². The van der Waals surface area contributed by atoms with E-state index in [1.807, 2.05) is 4.90 Å². The maximum Gasteiger partial charge on any atom is 0.225 e. The molecule has 2 aliphatic rings. The van der Waals surface area contributed by atoms with Crippen LogP contribution >= 0.6 is 0 Å². The van der Waals surface area contributed by atoms with Crippen molar-refractivity contribution in [3.8, 4) is 0 Å². The first-order valence-electron chi connectivity index (χ1n) is 8.45. The topological polar surface area (TPSA) is 49.4 Å². The number of carbonyl (C=O) groups excluding carboxylic acids is 2. The molecule has 1 atom stereocenters. The van der Waals surface area contributed by atoms with E-state index in [0.717, 1.165) is 12.8 Å². The molecular weight excluding hydrogens is 295 g/mol. The average Bonchev–Trinajstić information content (AvgIpc) is 3.18. The fourth-order valence-corrected chi connectivity index (χ4v) is 3.64. The molecule has 23 heavy (non-hydrogen) atoms. The van der Waals surface area contributed by atoms with E-state index in [2.05, 4.69) is 5.32 Å². The van der Waals surface area contributed by atoms with Crippen LogP contribution in [-0.4, -0.2) is 35.8 Å². The highest BCUT2D eigenvalue weighted by Crippen LogP contribution is 2.29. The van der Waals surface area contributed by atoms with Gasteiger partial charge in [0.05, 0.1) is 5.92 Å².